The van der Waals surface area contributed by atoms with E-state index in [9.17, 15) is 0 Å². The van der Waals surface area contributed by atoms with Crippen LogP contribution in [0.15, 0.2) is 84.0 Å². The molecule has 9 heteroatoms. The molecule has 1 aromatic carbocycles. The van der Waals surface area contributed by atoms with E-state index in [-0.39, 0.29) is 25.6 Å². The van der Waals surface area contributed by atoms with E-state index in [4.69, 9.17) is 49.2 Å². The van der Waals surface area contributed by atoms with Crippen molar-refractivity contribution in [3.8, 4) is 0 Å². The van der Waals surface area contributed by atoms with Crippen molar-refractivity contribution < 1.29 is 14.2 Å². The summed E-state index contributed by atoms with van der Waals surface area (Å²) in [4.78, 5) is 4.11. The van der Waals surface area contributed by atoms with E-state index in [0.29, 0.717) is 16.6 Å². The van der Waals surface area contributed by atoms with Gasteiger partial charge in [0.2, 0.25) is 0 Å². The molecule has 1 fully saturated rings. The number of aromatic nitrogens is 2. The lowest BCUT2D eigenvalue weighted by Crippen LogP contribution is -2.25. The van der Waals surface area contributed by atoms with Crippen LogP contribution < -0.4 is 0 Å². The summed E-state index contributed by atoms with van der Waals surface area (Å²) in [5, 5.41) is 1.12. The molecule has 1 saturated heterocycles. The summed E-state index contributed by atoms with van der Waals surface area (Å²) < 4.78 is 20.9. The van der Waals surface area contributed by atoms with Gasteiger partial charge in [0.05, 0.1) is 30.9 Å². The summed E-state index contributed by atoms with van der Waals surface area (Å²) in [5.74, 6) is 0.797. The maximum atomic E-state index is 6.66. The number of imidazole rings is 1. The van der Waals surface area contributed by atoms with E-state index in [2.05, 4.69) is 4.98 Å². The Labute approximate surface area is 194 Å². The number of nitrogens with zero attached hydrogens (tertiary/aromatic N) is 3. The average Bonchev–Trinajstić information content (AvgIpc) is 3.43. The van der Waals surface area contributed by atoms with Gasteiger partial charge in [0.15, 0.2) is 6.79 Å². The molecule has 1 aromatic heterocycles. The SMILES string of the molecule is Clc1ccc(C(Cn2ccnc2)OCC2=CC=C3C=C4OCOC4C=C3N2Cl)c(Cl)c1. The van der Waals surface area contributed by atoms with E-state index < -0.39 is 0 Å². The molecule has 0 N–H and O–H groups in total. The number of rotatable bonds is 6. The van der Waals surface area contributed by atoms with E-state index in [1.807, 2.05) is 41.1 Å². The predicted octanol–water partition coefficient (Wildman–Crippen LogP) is 5.38. The Kier molecular flexibility index (Phi) is 5.82. The molecule has 2 aromatic rings. The smallest absolute Gasteiger partial charge is 0.189 e. The number of halogens is 3. The lowest BCUT2D eigenvalue weighted by atomic mass is 9.99. The highest BCUT2D eigenvalue weighted by molar-refractivity contribution is 6.35. The lowest BCUT2D eigenvalue weighted by molar-refractivity contribution is 0.0506. The van der Waals surface area contributed by atoms with Crippen LogP contribution >= 0.6 is 35.0 Å². The number of hydrogen-bond donors (Lipinski definition) is 0. The summed E-state index contributed by atoms with van der Waals surface area (Å²) >= 11 is 19.2. The summed E-state index contributed by atoms with van der Waals surface area (Å²) in [6, 6.07) is 5.40. The number of allylic oxidation sites excluding steroid dienone is 3. The minimum Gasteiger partial charge on any atom is -0.469 e. The largest absolute Gasteiger partial charge is 0.469 e. The van der Waals surface area contributed by atoms with Crippen LogP contribution in [-0.2, 0) is 20.8 Å². The van der Waals surface area contributed by atoms with Crippen LogP contribution in [0.5, 0.6) is 0 Å². The molecule has 0 amide bonds. The monoisotopic (exact) mass is 477 g/mol. The molecule has 3 heterocycles. The van der Waals surface area contributed by atoms with Crippen molar-refractivity contribution in [2.24, 2.45) is 0 Å². The molecule has 6 nitrogen and oxygen atoms in total. The second kappa shape index (κ2) is 8.73. The summed E-state index contributed by atoms with van der Waals surface area (Å²) in [6.07, 6.45) is 12.6. The van der Waals surface area contributed by atoms with E-state index in [0.717, 1.165) is 28.3 Å². The molecule has 160 valence electrons. The van der Waals surface area contributed by atoms with Crippen LogP contribution in [0.1, 0.15) is 11.7 Å². The standard InChI is InChI=1S/C22H18Cl3N3O3/c23-15-2-4-17(18(24)8-15)22(10-27-6-5-26-12-27)29-11-16-3-1-14-7-20-21(31-13-30-20)9-19(14)28(16)25/h1-9,12,21-22H,10-11,13H2. The van der Waals surface area contributed by atoms with Crippen LogP contribution in [-0.4, -0.2) is 33.5 Å². The minimum atomic E-state index is -0.325. The van der Waals surface area contributed by atoms with Crippen molar-refractivity contribution in [2.75, 3.05) is 13.4 Å². The van der Waals surface area contributed by atoms with E-state index in [1.165, 1.54) is 0 Å². The van der Waals surface area contributed by atoms with Crippen LogP contribution in [0, 0.1) is 0 Å². The lowest BCUT2D eigenvalue weighted by Gasteiger charge is -2.30. The first-order chi connectivity index (χ1) is 15.1. The van der Waals surface area contributed by atoms with Gasteiger partial charge in [-0.2, -0.15) is 0 Å². The first kappa shape index (κ1) is 20.7. The fourth-order valence-corrected chi connectivity index (χ4v) is 4.45. The molecule has 2 aliphatic heterocycles. The molecule has 0 radical (unpaired) electrons. The van der Waals surface area contributed by atoms with Gasteiger partial charge in [-0.1, -0.05) is 35.3 Å². The fraction of sp³-hybridized carbons (Fsp3) is 0.227. The Hall–Kier alpha value is -2.22. The van der Waals surface area contributed by atoms with Crippen molar-refractivity contribution in [3.63, 3.8) is 0 Å². The van der Waals surface area contributed by atoms with Crippen LogP contribution in [0.2, 0.25) is 10.0 Å². The summed E-state index contributed by atoms with van der Waals surface area (Å²) in [5.41, 5.74) is 3.45. The maximum absolute atomic E-state index is 6.66. The zero-order chi connectivity index (χ0) is 21.4. The second-order valence-corrected chi connectivity index (χ2v) is 8.42. The number of fused-ring (bicyclic) bond motifs is 2. The highest BCUT2D eigenvalue weighted by Crippen LogP contribution is 2.37. The number of hydrogen-bond acceptors (Lipinski definition) is 5. The fourth-order valence-electron chi connectivity index (χ4n) is 3.66. The molecule has 2 unspecified atom stereocenters. The van der Waals surface area contributed by atoms with Crippen LogP contribution in [0.4, 0.5) is 0 Å². The molecule has 0 bridgehead atoms. The summed E-state index contributed by atoms with van der Waals surface area (Å²) in [7, 11) is 0. The van der Waals surface area contributed by atoms with Gasteiger partial charge < -0.3 is 18.8 Å². The van der Waals surface area contributed by atoms with Gasteiger partial charge in [0.25, 0.3) is 0 Å². The Balaban J connectivity index is 1.37. The topological polar surface area (TPSA) is 48.8 Å². The Morgan fingerprint density at radius 2 is 2.16 bits per heavy atom. The van der Waals surface area contributed by atoms with Gasteiger partial charge in [-0.05, 0) is 30.4 Å². The minimum absolute atomic E-state index is 0.212. The summed E-state index contributed by atoms with van der Waals surface area (Å²) in [6.45, 7) is 1.07. The Morgan fingerprint density at radius 1 is 1.26 bits per heavy atom. The first-order valence-corrected chi connectivity index (χ1v) is 10.7. The van der Waals surface area contributed by atoms with Crippen molar-refractivity contribution in [2.45, 2.75) is 18.8 Å². The first-order valence-electron chi connectivity index (χ1n) is 9.66. The third-order valence-electron chi connectivity index (χ3n) is 5.25. The second-order valence-electron chi connectivity index (χ2n) is 7.23. The van der Waals surface area contributed by atoms with Gasteiger partial charge in [-0.3, -0.25) is 4.42 Å². The van der Waals surface area contributed by atoms with Gasteiger partial charge in [0.1, 0.15) is 18.0 Å². The van der Waals surface area contributed by atoms with Crippen molar-refractivity contribution in [1.29, 1.82) is 0 Å². The highest BCUT2D eigenvalue weighted by atomic mass is 35.5. The number of ether oxygens (including phenoxy) is 3. The molecular formula is C22H18Cl3N3O3. The van der Waals surface area contributed by atoms with Crippen molar-refractivity contribution in [1.82, 2.24) is 14.0 Å². The average molecular weight is 479 g/mol. The van der Waals surface area contributed by atoms with Gasteiger partial charge >= 0.3 is 0 Å². The van der Waals surface area contributed by atoms with Gasteiger partial charge in [0, 0.05) is 45.4 Å². The van der Waals surface area contributed by atoms with Crippen LogP contribution in [0.3, 0.4) is 0 Å². The third-order valence-corrected chi connectivity index (χ3v) is 6.21. The zero-order valence-electron chi connectivity index (χ0n) is 16.2. The van der Waals surface area contributed by atoms with Crippen molar-refractivity contribution >= 4 is 35.0 Å². The maximum Gasteiger partial charge on any atom is 0.189 e. The molecule has 31 heavy (non-hydrogen) atoms. The molecule has 3 aliphatic rings. The third kappa shape index (κ3) is 4.27. The van der Waals surface area contributed by atoms with E-state index in [1.54, 1.807) is 29.1 Å². The highest BCUT2D eigenvalue weighted by Gasteiger charge is 2.31. The molecule has 0 saturated carbocycles. The molecular weight excluding hydrogens is 461 g/mol. The van der Waals surface area contributed by atoms with Crippen LogP contribution in [0.25, 0.3) is 0 Å². The predicted molar refractivity (Wildman–Crippen MR) is 118 cm³/mol. The van der Waals surface area contributed by atoms with Gasteiger partial charge in [-0.15, -0.1) is 0 Å². The van der Waals surface area contributed by atoms with Gasteiger partial charge in [-0.25, -0.2) is 4.98 Å². The molecule has 2 atom stereocenters. The zero-order valence-corrected chi connectivity index (χ0v) is 18.5. The Bertz CT molecular complexity index is 1110. The molecule has 1 aliphatic carbocycles. The number of benzene rings is 1. The molecule has 5 rings (SSSR count). The Morgan fingerprint density at radius 3 is 2.97 bits per heavy atom. The quantitative estimate of drug-likeness (QED) is 0.522. The normalized spacial score (nSPS) is 20.7. The van der Waals surface area contributed by atoms with E-state index >= 15 is 0 Å². The molecule has 0 spiro atoms. The van der Waals surface area contributed by atoms with Crippen molar-refractivity contribution in [3.05, 3.63) is 99.6 Å².